The van der Waals surface area contributed by atoms with Crippen molar-refractivity contribution in [2.24, 2.45) is 0 Å². The topological polar surface area (TPSA) is 20.3 Å². The van der Waals surface area contributed by atoms with Gasteiger partial charge < -0.3 is 4.90 Å². The average molecular weight is 333 g/mol. The predicted octanol–water partition coefficient (Wildman–Crippen LogP) is 4.99. The molecular formula is C17H16FNOS2. The molecule has 2 heterocycles. The van der Waals surface area contributed by atoms with Crippen LogP contribution in [0.2, 0.25) is 0 Å². The number of halogens is 1. The third-order valence-electron chi connectivity index (χ3n) is 3.79. The Morgan fingerprint density at radius 1 is 1.27 bits per heavy atom. The number of hydrogen-bond acceptors (Lipinski definition) is 3. The fourth-order valence-corrected chi connectivity index (χ4v) is 4.66. The fourth-order valence-electron chi connectivity index (χ4n) is 2.48. The lowest BCUT2D eigenvalue weighted by Gasteiger charge is -2.16. The fraction of sp³-hybridized carbons (Fsp3) is 0.235. The van der Waals surface area contributed by atoms with Crippen LogP contribution in [0, 0.1) is 19.7 Å². The Labute approximate surface area is 136 Å². The summed E-state index contributed by atoms with van der Waals surface area (Å²) in [6.07, 6.45) is 0. The molecule has 0 radical (unpaired) electrons. The smallest absolute Gasteiger partial charge is 0.264 e. The number of rotatable bonds is 3. The Kier molecular flexibility index (Phi) is 4.02. The highest BCUT2D eigenvalue weighted by Crippen LogP contribution is 2.33. The molecule has 1 aromatic carbocycles. The summed E-state index contributed by atoms with van der Waals surface area (Å²) < 4.78 is 14.8. The lowest BCUT2D eigenvalue weighted by Crippen LogP contribution is -2.25. The Bertz CT molecular complexity index is 850. The third-order valence-corrected chi connectivity index (χ3v) is 6.05. The van der Waals surface area contributed by atoms with E-state index >= 15 is 0 Å². The number of hydrogen-bond donors (Lipinski definition) is 0. The molecule has 5 heteroatoms. The summed E-state index contributed by atoms with van der Waals surface area (Å²) in [5, 5.41) is 2.60. The molecule has 3 aromatic rings. The molecule has 22 heavy (non-hydrogen) atoms. The van der Waals surface area contributed by atoms with Crippen molar-refractivity contribution in [3.05, 3.63) is 56.3 Å². The molecule has 0 bridgehead atoms. The average Bonchev–Trinajstić information content (AvgIpc) is 3.03. The van der Waals surface area contributed by atoms with Gasteiger partial charge in [-0.2, -0.15) is 0 Å². The zero-order valence-electron chi connectivity index (χ0n) is 12.6. The van der Waals surface area contributed by atoms with Gasteiger partial charge in [0.15, 0.2) is 0 Å². The minimum atomic E-state index is -0.262. The van der Waals surface area contributed by atoms with Gasteiger partial charge in [0.05, 0.1) is 11.4 Å². The first-order chi connectivity index (χ1) is 10.5. The van der Waals surface area contributed by atoms with Gasteiger partial charge in [-0.15, -0.1) is 22.7 Å². The Hall–Kier alpha value is -1.72. The number of thiophene rings is 2. The summed E-state index contributed by atoms with van der Waals surface area (Å²) >= 11 is 3.02. The number of aryl methyl sites for hydroxylation is 2. The lowest BCUT2D eigenvalue weighted by molar-refractivity contribution is 0.0790. The molecule has 114 valence electrons. The molecule has 0 spiro atoms. The van der Waals surface area contributed by atoms with Gasteiger partial charge in [-0.05, 0) is 48.6 Å². The molecule has 0 aliphatic carbocycles. The minimum Gasteiger partial charge on any atom is -0.336 e. The van der Waals surface area contributed by atoms with Gasteiger partial charge in [0.2, 0.25) is 0 Å². The Morgan fingerprint density at radius 2 is 2.05 bits per heavy atom. The van der Waals surface area contributed by atoms with Gasteiger partial charge in [-0.25, -0.2) is 4.39 Å². The lowest BCUT2D eigenvalue weighted by atomic mass is 10.1. The number of fused-ring (bicyclic) bond motifs is 1. The monoisotopic (exact) mass is 333 g/mol. The molecule has 0 aliphatic heterocycles. The van der Waals surface area contributed by atoms with Crippen molar-refractivity contribution < 1.29 is 9.18 Å². The van der Waals surface area contributed by atoms with Crippen molar-refractivity contribution in [1.82, 2.24) is 4.90 Å². The second-order valence-corrected chi connectivity index (χ2v) is 7.41. The molecule has 0 fully saturated rings. The van der Waals surface area contributed by atoms with Crippen LogP contribution in [0.15, 0.2) is 29.6 Å². The largest absolute Gasteiger partial charge is 0.336 e. The highest BCUT2D eigenvalue weighted by Gasteiger charge is 2.21. The van der Waals surface area contributed by atoms with Gasteiger partial charge in [0.25, 0.3) is 5.91 Å². The minimum absolute atomic E-state index is 0.0501. The maximum Gasteiger partial charge on any atom is 0.264 e. The number of carbonyl (C=O) groups excluding carboxylic acids is 1. The molecule has 0 aliphatic rings. The molecule has 0 unspecified atom stereocenters. The second-order valence-electron chi connectivity index (χ2n) is 5.36. The first-order valence-electron chi connectivity index (χ1n) is 6.95. The van der Waals surface area contributed by atoms with Crippen LogP contribution in [-0.4, -0.2) is 17.9 Å². The van der Waals surface area contributed by atoms with E-state index in [9.17, 15) is 9.18 Å². The van der Waals surface area contributed by atoms with Crippen LogP contribution < -0.4 is 0 Å². The van der Waals surface area contributed by atoms with Crippen molar-refractivity contribution >= 4 is 38.7 Å². The molecular weight excluding hydrogens is 317 g/mol. The second kappa shape index (κ2) is 5.82. The van der Waals surface area contributed by atoms with Gasteiger partial charge in [-0.3, -0.25) is 4.79 Å². The highest BCUT2D eigenvalue weighted by atomic mass is 32.1. The maximum absolute atomic E-state index is 14.0. The van der Waals surface area contributed by atoms with Crippen LogP contribution in [0.25, 0.3) is 10.1 Å². The van der Waals surface area contributed by atoms with Gasteiger partial charge in [-0.1, -0.05) is 6.07 Å². The molecule has 0 atom stereocenters. The van der Waals surface area contributed by atoms with E-state index in [0.717, 1.165) is 10.3 Å². The van der Waals surface area contributed by atoms with Crippen LogP contribution in [0.3, 0.4) is 0 Å². The van der Waals surface area contributed by atoms with Crippen molar-refractivity contribution in [2.75, 3.05) is 7.05 Å². The first kappa shape index (κ1) is 15.2. The SMILES string of the molecule is Cc1ccsc1CN(C)C(=O)c1sc2cccc(F)c2c1C. The molecule has 2 nitrogen and oxygen atoms in total. The zero-order valence-corrected chi connectivity index (χ0v) is 14.3. The first-order valence-corrected chi connectivity index (χ1v) is 8.64. The van der Waals surface area contributed by atoms with E-state index in [1.807, 2.05) is 25.3 Å². The molecule has 1 amide bonds. The van der Waals surface area contributed by atoms with E-state index < -0.39 is 0 Å². The number of carbonyl (C=O) groups is 1. The predicted molar refractivity (Wildman–Crippen MR) is 91.4 cm³/mol. The van der Waals surface area contributed by atoms with E-state index in [0.29, 0.717) is 16.8 Å². The summed E-state index contributed by atoms with van der Waals surface area (Å²) in [5.41, 5.74) is 1.93. The maximum atomic E-state index is 14.0. The zero-order chi connectivity index (χ0) is 15.9. The summed E-state index contributed by atoms with van der Waals surface area (Å²) in [4.78, 5) is 16.2. The summed E-state index contributed by atoms with van der Waals surface area (Å²) in [6, 6.07) is 7.03. The standard InChI is InChI=1S/C17H16FNOS2/c1-10-7-8-21-14(10)9-19(3)17(20)16-11(2)15-12(18)5-4-6-13(15)22-16/h4-8H,9H2,1-3H3. The van der Waals surface area contributed by atoms with Crippen LogP contribution >= 0.6 is 22.7 Å². The van der Waals surface area contributed by atoms with Crippen LogP contribution in [-0.2, 0) is 6.54 Å². The Morgan fingerprint density at radius 3 is 2.68 bits per heavy atom. The molecule has 3 rings (SSSR count). The van der Waals surface area contributed by atoms with Crippen LogP contribution in [0.5, 0.6) is 0 Å². The number of amides is 1. The van der Waals surface area contributed by atoms with E-state index in [1.54, 1.807) is 29.4 Å². The van der Waals surface area contributed by atoms with Crippen LogP contribution in [0.1, 0.15) is 25.7 Å². The van der Waals surface area contributed by atoms with Crippen molar-refractivity contribution in [3.63, 3.8) is 0 Å². The quantitative estimate of drug-likeness (QED) is 0.661. The van der Waals surface area contributed by atoms with Gasteiger partial charge in [0.1, 0.15) is 5.82 Å². The molecule has 0 N–H and O–H groups in total. The van der Waals surface area contributed by atoms with Crippen molar-refractivity contribution in [2.45, 2.75) is 20.4 Å². The van der Waals surface area contributed by atoms with E-state index in [1.165, 1.54) is 27.8 Å². The molecule has 0 saturated heterocycles. The van der Waals surface area contributed by atoms with E-state index in [2.05, 4.69) is 6.07 Å². The number of benzene rings is 1. The van der Waals surface area contributed by atoms with E-state index in [-0.39, 0.29) is 11.7 Å². The highest BCUT2D eigenvalue weighted by molar-refractivity contribution is 7.21. The summed E-state index contributed by atoms with van der Waals surface area (Å²) in [5.74, 6) is -0.312. The molecule has 0 saturated carbocycles. The molecule has 2 aromatic heterocycles. The Balaban J connectivity index is 1.93. The van der Waals surface area contributed by atoms with Crippen LogP contribution in [0.4, 0.5) is 4.39 Å². The van der Waals surface area contributed by atoms with Gasteiger partial charge >= 0.3 is 0 Å². The van der Waals surface area contributed by atoms with E-state index in [4.69, 9.17) is 0 Å². The van der Waals surface area contributed by atoms with Crippen molar-refractivity contribution in [3.8, 4) is 0 Å². The summed E-state index contributed by atoms with van der Waals surface area (Å²) in [7, 11) is 1.79. The van der Waals surface area contributed by atoms with Gasteiger partial charge in [0, 0.05) is 22.0 Å². The summed E-state index contributed by atoms with van der Waals surface area (Å²) in [6.45, 7) is 4.45. The third kappa shape index (κ3) is 2.55. The van der Waals surface area contributed by atoms with Crippen molar-refractivity contribution in [1.29, 1.82) is 0 Å². The normalized spacial score (nSPS) is 11.1. The number of nitrogens with zero attached hydrogens (tertiary/aromatic N) is 1.